The summed E-state index contributed by atoms with van der Waals surface area (Å²) in [5, 5.41) is 22.2. The van der Waals surface area contributed by atoms with E-state index in [0.29, 0.717) is 5.56 Å². The van der Waals surface area contributed by atoms with Crippen molar-refractivity contribution in [2.45, 2.75) is 14.4 Å². The fraction of sp³-hybridized carbons (Fsp3) is 0.111. The molecule has 1 amide bonds. The molecule has 2 aromatic carbocycles. The van der Waals surface area contributed by atoms with Crippen LogP contribution in [0.1, 0.15) is 11.1 Å². The summed E-state index contributed by atoms with van der Waals surface area (Å²) in [4.78, 5) is 12.0. The predicted molar refractivity (Wildman–Crippen MR) is 136 cm³/mol. The zero-order valence-electron chi connectivity index (χ0n) is 14.7. The van der Waals surface area contributed by atoms with Gasteiger partial charge in [0.25, 0.3) is 5.91 Å². The van der Waals surface area contributed by atoms with E-state index >= 15 is 0 Å². The zero-order chi connectivity index (χ0) is 20.6. The normalized spacial score (nSPS) is 11.1. The van der Waals surface area contributed by atoms with Crippen molar-refractivity contribution in [1.29, 1.82) is 0 Å². The fourth-order valence-electron chi connectivity index (χ4n) is 2.05. The number of hydrazone groups is 1. The van der Waals surface area contributed by atoms with E-state index in [1.54, 1.807) is 17.8 Å². The van der Waals surface area contributed by atoms with E-state index in [-0.39, 0.29) is 17.4 Å². The molecule has 0 fully saturated rings. The van der Waals surface area contributed by atoms with Crippen LogP contribution in [0.15, 0.2) is 56.2 Å². The van der Waals surface area contributed by atoms with Gasteiger partial charge in [0, 0.05) is 14.9 Å². The van der Waals surface area contributed by atoms with Gasteiger partial charge in [-0.25, -0.2) is 5.43 Å². The molecular formula is C18H14I2N4O2S3. The van der Waals surface area contributed by atoms with Crippen LogP contribution >= 0.6 is 80.0 Å². The van der Waals surface area contributed by atoms with Gasteiger partial charge in [-0.15, -0.1) is 10.2 Å². The number of amides is 1. The quantitative estimate of drug-likeness (QED) is 0.152. The Morgan fingerprint density at radius 2 is 1.90 bits per heavy atom. The van der Waals surface area contributed by atoms with Gasteiger partial charge < -0.3 is 5.11 Å². The minimum atomic E-state index is -0.250. The molecule has 0 aliphatic carbocycles. The maximum absolute atomic E-state index is 12.0. The maximum Gasteiger partial charge on any atom is 0.250 e. The molecule has 1 heterocycles. The second-order valence-corrected chi connectivity index (χ2v) is 11.3. The van der Waals surface area contributed by atoms with Crippen LogP contribution in [0.3, 0.4) is 0 Å². The van der Waals surface area contributed by atoms with Gasteiger partial charge in [-0.3, -0.25) is 4.79 Å². The first-order chi connectivity index (χ1) is 14.0. The summed E-state index contributed by atoms with van der Waals surface area (Å²) in [6.07, 6.45) is 1.44. The highest BCUT2D eigenvalue weighted by atomic mass is 127. The molecule has 1 aromatic heterocycles. The molecule has 0 radical (unpaired) electrons. The largest absolute Gasteiger partial charge is 0.506 e. The van der Waals surface area contributed by atoms with Gasteiger partial charge in [0.1, 0.15) is 5.75 Å². The van der Waals surface area contributed by atoms with Crippen LogP contribution < -0.4 is 5.43 Å². The Kier molecular flexibility index (Phi) is 9.02. The van der Waals surface area contributed by atoms with E-state index in [4.69, 9.17) is 0 Å². The number of phenolic OH excluding ortho intramolecular Hbond substituents is 1. The zero-order valence-corrected chi connectivity index (χ0v) is 21.5. The summed E-state index contributed by atoms with van der Waals surface area (Å²) in [6.45, 7) is 0. The molecule has 2 N–H and O–H groups in total. The molecule has 3 rings (SSSR count). The first-order valence-electron chi connectivity index (χ1n) is 8.14. The minimum Gasteiger partial charge on any atom is -0.506 e. The maximum atomic E-state index is 12.0. The number of aromatic hydroxyl groups is 1. The average Bonchev–Trinajstić information content (AvgIpc) is 3.17. The highest BCUT2D eigenvalue weighted by Gasteiger charge is 2.09. The number of carbonyl (C=O) groups is 1. The number of aromatic nitrogens is 2. The van der Waals surface area contributed by atoms with Gasteiger partial charge in [0.2, 0.25) is 0 Å². The Morgan fingerprint density at radius 1 is 1.17 bits per heavy atom. The number of halogens is 2. The summed E-state index contributed by atoms with van der Waals surface area (Å²) in [5.74, 6) is 0.914. The summed E-state index contributed by atoms with van der Waals surface area (Å²) in [6, 6.07) is 13.8. The second-order valence-electron chi connectivity index (χ2n) is 5.52. The SMILES string of the molecule is O=C(CSc1nnc(SCc2ccccc2)s1)NN=Cc1cc(I)cc(I)c1O. The summed E-state index contributed by atoms with van der Waals surface area (Å²) >= 11 is 8.63. The van der Waals surface area contributed by atoms with Crippen LogP contribution in [0.4, 0.5) is 0 Å². The van der Waals surface area contributed by atoms with Gasteiger partial charge in [-0.2, -0.15) is 5.10 Å². The van der Waals surface area contributed by atoms with Crippen molar-refractivity contribution in [1.82, 2.24) is 15.6 Å². The molecule has 0 aliphatic rings. The van der Waals surface area contributed by atoms with Gasteiger partial charge in [-0.1, -0.05) is 65.2 Å². The van der Waals surface area contributed by atoms with E-state index in [1.165, 1.54) is 34.9 Å². The molecule has 0 saturated carbocycles. The monoisotopic (exact) mass is 668 g/mol. The molecule has 0 unspecified atom stereocenters. The molecule has 0 aliphatic heterocycles. The number of phenols is 1. The lowest BCUT2D eigenvalue weighted by Crippen LogP contribution is -2.19. The molecule has 29 heavy (non-hydrogen) atoms. The van der Waals surface area contributed by atoms with Gasteiger partial charge in [-0.05, 0) is 62.9 Å². The smallest absolute Gasteiger partial charge is 0.250 e. The van der Waals surface area contributed by atoms with Crippen LogP contribution in [0.25, 0.3) is 0 Å². The Hall–Kier alpha value is -0.900. The van der Waals surface area contributed by atoms with E-state index in [0.717, 1.165) is 21.6 Å². The van der Waals surface area contributed by atoms with Crippen molar-refractivity contribution in [3.63, 3.8) is 0 Å². The highest BCUT2D eigenvalue weighted by molar-refractivity contribution is 14.1. The Morgan fingerprint density at radius 3 is 2.66 bits per heavy atom. The standard InChI is InChI=1S/C18H14I2N4O2S3/c19-13-6-12(16(26)14(20)7-13)8-21-22-15(25)10-28-18-24-23-17(29-18)27-9-11-4-2-1-3-5-11/h1-8,26H,9-10H2,(H,22,25). The van der Waals surface area contributed by atoms with E-state index in [2.05, 4.69) is 78.0 Å². The summed E-state index contributed by atoms with van der Waals surface area (Å²) in [7, 11) is 0. The van der Waals surface area contributed by atoms with Crippen molar-refractivity contribution >= 4 is 92.2 Å². The molecule has 0 saturated heterocycles. The number of hydrogen-bond acceptors (Lipinski definition) is 8. The van der Waals surface area contributed by atoms with Crippen molar-refractivity contribution in [2.24, 2.45) is 5.10 Å². The number of carbonyl (C=O) groups excluding carboxylic acids is 1. The van der Waals surface area contributed by atoms with Crippen LogP contribution in [0, 0.1) is 7.14 Å². The van der Waals surface area contributed by atoms with Crippen LogP contribution in [0.2, 0.25) is 0 Å². The molecule has 6 nitrogen and oxygen atoms in total. The first-order valence-corrected chi connectivity index (χ1v) is 13.1. The minimum absolute atomic E-state index is 0.146. The predicted octanol–water partition coefficient (Wildman–Crippen LogP) is 4.99. The van der Waals surface area contributed by atoms with Gasteiger partial charge >= 0.3 is 0 Å². The average molecular weight is 668 g/mol. The fourth-order valence-corrected chi connectivity index (χ4v) is 6.71. The molecule has 0 spiro atoms. The Bertz CT molecular complexity index is 1020. The summed E-state index contributed by atoms with van der Waals surface area (Å²) in [5.41, 5.74) is 4.25. The molecule has 0 bridgehead atoms. The number of nitrogens with zero attached hydrogens (tertiary/aromatic N) is 3. The number of nitrogens with one attached hydrogen (secondary N) is 1. The number of rotatable bonds is 8. The molecule has 3 aromatic rings. The topological polar surface area (TPSA) is 87.5 Å². The Balaban J connectivity index is 1.44. The highest BCUT2D eigenvalue weighted by Crippen LogP contribution is 2.30. The van der Waals surface area contributed by atoms with Crippen molar-refractivity contribution in [3.05, 3.63) is 60.7 Å². The van der Waals surface area contributed by atoms with Crippen molar-refractivity contribution in [3.8, 4) is 5.75 Å². The molecule has 11 heteroatoms. The number of thioether (sulfide) groups is 2. The second kappa shape index (κ2) is 11.5. The molecular weight excluding hydrogens is 654 g/mol. The van der Waals surface area contributed by atoms with E-state index < -0.39 is 0 Å². The third kappa shape index (κ3) is 7.38. The lowest BCUT2D eigenvalue weighted by molar-refractivity contribution is -0.118. The lowest BCUT2D eigenvalue weighted by Gasteiger charge is -2.03. The third-order valence-corrected chi connectivity index (χ3v) is 8.08. The van der Waals surface area contributed by atoms with Crippen LogP contribution in [-0.4, -0.2) is 33.2 Å². The molecule has 0 atom stereocenters. The van der Waals surface area contributed by atoms with Crippen LogP contribution in [-0.2, 0) is 10.5 Å². The van der Waals surface area contributed by atoms with Gasteiger partial charge in [0.15, 0.2) is 8.68 Å². The molecule has 150 valence electrons. The lowest BCUT2D eigenvalue weighted by atomic mass is 10.2. The van der Waals surface area contributed by atoms with Crippen LogP contribution in [0.5, 0.6) is 5.75 Å². The van der Waals surface area contributed by atoms with Crippen molar-refractivity contribution < 1.29 is 9.90 Å². The third-order valence-electron chi connectivity index (χ3n) is 3.37. The Labute approximate surface area is 207 Å². The number of hydrogen-bond donors (Lipinski definition) is 2. The first kappa shape index (κ1) is 22.8. The van der Waals surface area contributed by atoms with E-state index in [9.17, 15) is 9.90 Å². The van der Waals surface area contributed by atoms with Gasteiger partial charge in [0.05, 0.1) is 15.5 Å². The van der Waals surface area contributed by atoms with E-state index in [1.807, 2.05) is 24.3 Å². The van der Waals surface area contributed by atoms with Crippen molar-refractivity contribution in [2.75, 3.05) is 5.75 Å². The summed E-state index contributed by atoms with van der Waals surface area (Å²) < 4.78 is 3.32. The number of benzene rings is 2.